The zero-order valence-electron chi connectivity index (χ0n) is 17.0. The second-order valence-corrected chi connectivity index (χ2v) is 8.23. The predicted octanol–water partition coefficient (Wildman–Crippen LogP) is 4.88. The van der Waals surface area contributed by atoms with Gasteiger partial charge in [0.2, 0.25) is 0 Å². The first-order chi connectivity index (χ1) is 15.5. The topological polar surface area (TPSA) is 108 Å². The fraction of sp³-hybridized carbons (Fsp3) is 0.0400. The van der Waals surface area contributed by atoms with Gasteiger partial charge in [-0.1, -0.05) is 60.2 Å². The number of hydrogen-bond acceptors (Lipinski definition) is 6. The number of anilines is 1. The molecule has 2 aromatic carbocycles. The molecule has 152 valence electrons. The summed E-state index contributed by atoms with van der Waals surface area (Å²) < 4.78 is 1.56. The molecule has 32 heavy (non-hydrogen) atoms. The maximum Gasteiger partial charge on any atom is 0.282 e. The molecule has 2 N–H and O–H groups in total. The Bertz CT molecular complexity index is 1670. The minimum atomic E-state index is -0.435. The molecule has 0 spiro atoms. The Hall–Kier alpha value is -4.46. The summed E-state index contributed by atoms with van der Waals surface area (Å²) in [6, 6.07) is 21.3. The third-order valence-electron chi connectivity index (χ3n) is 5.48. The van der Waals surface area contributed by atoms with Crippen molar-refractivity contribution < 1.29 is 0 Å². The summed E-state index contributed by atoms with van der Waals surface area (Å²) in [4.78, 5) is 18.0. The molecular formula is C25H15N5OS. The fourth-order valence-corrected chi connectivity index (χ4v) is 5.03. The molecule has 0 bridgehead atoms. The van der Waals surface area contributed by atoms with E-state index in [1.165, 1.54) is 11.3 Å². The third kappa shape index (κ3) is 2.77. The van der Waals surface area contributed by atoms with Gasteiger partial charge in [0.1, 0.15) is 33.9 Å². The molecule has 5 aromatic rings. The number of nitriles is 2. The zero-order chi connectivity index (χ0) is 22.4. The fourth-order valence-electron chi connectivity index (χ4n) is 3.94. The molecule has 6 nitrogen and oxygen atoms in total. The lowest BCUT2D eigenvalue weighted by Crippen LogP contribution is -2.15. The van der Waals surface area contributed by atoms with Gasteiger partial charge in [0, 0.05) is 16.5 Å². The molecule has 0 radical (unpaired) electrons. The van der Waals surface area contributed by atoms with Crippen LogP contribution < -0.4 is 11.3 Å². The maximum atomic E-state index is 13.1. The number of pyridine rings is 1. The van der Waals surface area contributed by atoms with Crippen molar-refractivity contribution in [3.05, 3.63) is 87.0 Å². The molecule has 0 saturated carbocycles. The average molecular weight is 433 g/mol. The Morgan fingerprint density at radius 3 is 2.31 bits per heavy atom. The summed E-state index contributed by atoms with van der Waals surface area (Å²) in [6.07, 6.45) is 0. The number of rotatable bonds is 2. The summed E-state index contributed by atoms with van der Waals surface area (Å²) in [6.45, 7) is 1.95. The van der Waals surface area contributed by atoms with E-state index in [0.29, 0.717) is 21.3 Å². The molecule has 0 aliphatic carbocycles. The molecule has 0 atom stereocenters. The lowest BCUT2D eigenvalue weighted by molar-refractivity contribution is 1.14. The lowest BCUT2D eigenvalue weighted by Gasteiger charge is -2.15. The van der Waals surface area contributed by atoms with Crippen LogP contribution in [0.1, 0.15) is 16.7 Å². The van der Waals surface area contributed by atoms with E-state index in [0.717, 1.165) is 16.7 Å². The number of nitrogen functional groups attached to an aromatic ring is 1. The molecule has 7 heteroatoms. The van der Waals surface area contributed by atoms with Gasteiger partial charge < -0.3 is 5.73 Å². The van der Waals surface area contributed by atoms with Crippen molar-refractivity contribution in [1.29, 1.82) is 10.5 Å². The molecular weight excluding hydrogens is 418 g/mol. The SMILES string of the molecule is Cc1ccc(-c2c(C#N)c(N)n3c(nc(=O)c4c(-c5ccccc5)csc43)c2C#N)cc1. The molecule has 3 aromatic heterocycles. The van der Waals surface area contributed by atoms with Crippen molar-refractivity contribution in [3.63, 3.8) is 0 Å². The molecule has 0 amide bonds. The van der Waals surface area contributed by atoms with E-state index in [1.54, 1.807) is 4.40 Å². The summed E-state index contributed by atoms with van der Waals surface area (Å²) in [5.41, 5.74) is 10.3. The predicted molar refractivity (Wildman–Crippen MR) is 126 cm³/mol. The average Bonchev–Trinajstić information content (AvgIpc) is 3.26. The van der Waals surface area contributed by atoms with Gasteiger partial charge in [0.15, 0.2) is 5.65 Å². The lowest BCUT2D eigenvalue weighted by atomic mass is 9.95. The highest BCUT2D eigenvalue weighted by atomic mass is 32.1. The molecule has 0 aliphatic rings. The van der Waals surface area contributed by atoms with Crippen molar-refractivity contribution in [2.75, 3.05) is 5.73 Å². The largest absolute Gasteiger partial charge is 0.384 e. The van der Waals surface area contributed by atoms with Crippen LogP contribution in [0.5, 0.6) is 0 Å². The van der Waals surface area contributed by atoms with E-state index < -0.39 is 5.56 Å². The number of hydrogen-bond donors (Lipinski definition) is 1. The van der Waals surface area contributed by atoms with E-state index in [2.05, 4.69) is 17.1 Å². The number of nitrogens with two attached hydrogens (primary N) is 1. The normalized spacial score (nSPS) is 10.8. The number of aryl methyl sites for hydroxylation is 1. The van der Waals surface area contributed by atoms with Crippen LogP contribution in [0.3, 0.4) is 0 Å². The van der Waals surface area contributed by atoms with Crippen LogP contribution in [-0.4, -0.2) is 9.38 Å². The van der Waals surface area contributed by atoms with Crippen molar-refractivity contribution in [2.24, 2.45) is 0 Å². The van der Waals surface area contributed by atoms with Crippen molar-refractivity contribution in [3.8, 4) is 34.4 Å². The van der Waals surface area contributed by atoms with Crippen LogP contribution >= 0.6 is 11.3 Å². The Labute approximate surface area is 187 Å². The van der Waals surface area contributed by atoms with Crippen molar-refractivity contribution >= 4 is 33.0 Å². The second kappa shape index (κ2) is 7.35. The zero-order valence-corrected chi connectivity index (χ0v) is 17.8. The van der Waals surface area contributed by atoms with Gasteiger partial charge in [0.25, 0.3) is 5.56 Å². The van der Waals surface area contributed by atoms with Gasteiger partial charge in [0.05, 0.1) is 5.39 Å². The standard InChI is InChI=1S/C25H15N5OS/c1-14-7-9-16(10-8-14)20-17(11-26)22(28)30-23(18(20)12-27)29-24(31)21-19(13-32-25(21)30)15-5-3-2-4-6-15/h2-10,13H,28H2,1H3. The minimum absolute atomic E-state index is 0.147. The van der Waals surface area contributed by atoms with Gasteiger partial charge in [-0.25, -0.2) is 0 Å². The quantitative estimate of drug-likeness (QED) is 0.427. The summed E-state index contributed by atoms with van der Waals surface area (Å²) >= 11 is 1.33. The Morgan fingerprint density at radius 1 is 0.969 bits per heavy atom. The van der Waals surface area contributed by atoms with E-state index >= 15 is 0 Å². The van der Waals surface area contributed by atoms with Crippen LogP contribution in [0.25, 0.3) is 38.1 Å². The molecule has 0 aliphatic heterocycles. The van der Waals surface area contributed by atoms with Gasteiger partial charge >= 0.3 is 0 Å². The molecule has 3 heterocycles. The van der Waals surface area contributed by atoms with Gasteiger partial charge in [-0.05, 0) is 18.1 Å². The smallest absolute Gasteiger partial charge is 0.282 e. The number of thiophene rings is 1. The summed E-state index contributed by atoms with van der Waals surface area (Å²) in [5, 5.41) is 22.3. The van der Waals surface area contributed by atoms with Gasteiger partial charge in [-0.2, -0.15) is 15.5 Å². The number of aromatic nitrogens is 2. The first kappa shape index (κ1) is 19.5. The highest BCUT2D eigenvalue weighted by molar-refractivity contribution is 7.17. The Morgan fingerprint density at radius 2 is 1.66 bits per heavy atom. The summed E-state index contributed by atoms with van der Waals surface area (Å²) in [5.74, 6) is 0.149. The van der Waals surface area contributed by atoms with Crippen LogP contribution in [0.15, 0.2) is 64.8 Å². The maximum absolute atomic E-state index is 13.1. The number of fused-ring (bicyclic) bond motifs is 3. The molecule has 5 rings (SSSR count). The Kier molecular flexibility index (Phi) is 4.48. The third-order valence-corrected chi connectivity index (χ3v) is 6.44. The molecule has 0 fully saturated rings. The van der Waals surface area contributed by atoms with Gasteiger partial charge in [-0.3, -0.25) is 9.20 Å². The van der Waals surface area contributed by atoms with E-state index in [4.69, 9.17) is 5.73 Å². The molecule has 0 unspecified atom stereocenters. The minimum Gasteiger partial charge on any atom is -0.384 e. The van der Waals surface area contributed by atoms with Crippen LogP contribution in [0.2, 0.25) is 0 Å². The van der Waals surface area contributed by atoms with Crippen LogP contribution in [0.4, 0.5) is 5.82 Å². The van der Waals surface area contributed by atoms with Crippen molar-refractivity contribution in [1.82, 2.24) is 9.38 Å². The highest BCUT2D eigenvalue weighted by Gasteiger charge is 2.24. The highest BCUT2D eigenvalue weighted by Crippen LogP contribution is 2.38. The Balaban J connectivity index is 1.96. The van der Waals surface area contributed by atoms with E-state index in [1.807, 2.05) is 66.9 Å². The summed E-state index contributed by atoms with van der Waals surface area (Å²) in [7, 11) is 0. The first-order valence-electron chi connectivity index (χ1n) is 9.77. The van der Waals surface area contributed by atoms with Crippen molar-refractivity contribution in [2.45, 2.75) is 6.92 Å². The number of nitrogens with zero attached hydrogens (tertiary/aromatic N) is 4. The second-order valence-electron chi connectivity index (χ2n) is 7.37. The molecule has 0 saturated heterocycles. The number of benzene rings is 2. The van der Waals surface area contributed by atoms with Crippen LogP contribution in [-0.2, 0) is 0 Å². The van der Waals surface area contributed by atoms with E-state index in [-0.39, 0.29) is 22.6 Å². The van der Waals surface area contributed by atoms with E-state index in [9.17, 15) is 15.3 Å². The van der Waals surface area contributed by atoms with Gasteiger partial charge in [-0.15, -0.1) is 11.3 Å². The first-order valence-corrected chi connectivity index (χ1v) is 10.6. The van der Waals surface area contributed by atoms with Crippen LogP contribution in [0, 0.1) is 29.6 Å². The monoisotopic (exact) mass is 433 g/mol.